The van der Waals surface area contributed by atoms with E-state index in [1.165, 1.54) is 0 Å². The molecule has 0 aliphatic carbocycles. The van der Waals surface area contributed by atoms with Crippen molar-refractivity contribution in [1.29, 1.82) is 0 Å². The summed E-state index contributed by atoms with van der Waals surface area (Å²) in [6.07, 6.45) is 0. The van der Waals surface area contributed by atoms with Crippen LogP contribution in [0.3, 0.4) is 0 Å². The monoisotopic (exact) mass is 263 g/mol. The normalized spacial score (nSPS) is 12.2. The Morgan fingerprint density at radius 1 is 1.39 bits per heavy atom. The fourth-order valence-electron chi connectivity index (χ4n) is 1.49. The van der Waals surface area contributed by atoms with E-state index in [1.807, 2.05) is 37.4 Å². The van der Waals surface area contributed by atoms with E-state index in [-0.39, 0.29) is 6.04 Å². The number of thiophene rings is 1. The van der Waals surface area contributed by atoms with E-state index in [2.05, 4.69) is 20.6 Å². The van der Waals surface area contributed by atoms with Gasteiger partial charge in [0.2, 0.25) is 0 Å². The Balaban J connectivity index is 2.15. The van der Waals surface area contributed by atoms with E-state index >= 15 is 0 Å². The zero-order valence-corrected chi connectivity index (χ0v) is 11.3. The van der Waals surface area contributed by atoms with Crippen molar-refractivity contribution in [2.24, 2.45) is 5.73 Å². The third-order valence-corrected chi connectivity index (χ3v) is 3.14. The summed E-state index contributed by atoms with van der Waals surface area (Å²) >= 11 is 1.64. The zero-order valence-electron chi connectivity index (χ0n) is 10.5. The molecule has 5 nitrogen and oxygen atoms in total. The summed E-state index contributed by atoms with van der Waals surface area (Å²) in [7, 11) is 0. The number of hydrogen-bond acceptors (Lipinski definition) is 6. The van der Waals surface area contributed by atoms with E-state index in [0.717, 1.165) is 22.5 Å². The van der Waals surface area contributed by atoms with Crippen molar-refractivity contribution in [3.8, 4) is 0 Å². The molecule has 1 unspecified atom stereocenters. The molecule has 0 bridgehead atoms. The minimum Gasteiger partial charge on any atom is -0.366 e. The fourth-order valence-corrected chi connectivity index (χ4v) is 2.12. The highest BCUT2D eigenvalue weighted by atomic mass is 32.1. The second kappa shape index (κ2) is 5.79. The number of rotatable bonds is 5. The number of aromatic nitrogens is 2. The zero-order chi connectivity index (χ0) is 13.0. The topological polar surface area (TPSA) is 75.9 Å². The predicted octanol–water partition coefficient (Wildman–Crippen LogP) is 2.35. The van der Waals surface area contributed by atoms with Crippen molar-refractivity contribution < 1.29 is 0 Å². The lowest BCUT2D eigenvalue weighted by Gasteiger charge is -2.13. The summed E-state index contributed by atoms with van der Waals surface area (Å²) in [5.74, 6) is 2.31. The molecule has 2 rings (SSSR count). The van der Waals surface area contributed by atoms with Crippen LogP contribution in [0.15, 0.2) is 23.6 Å². The van der Waals surface area contributed by atoms with Gasteiger partial charge in [-0.2, -0.15) is 0 Å². The first-order valence-electron chi connectivity index (χ1n) is 5.80. The lowest BCUT2D eigenvalue weighted by molar-refractivity contribution is 0.795. The molecule has 2 heterocycles. The van der Waals surface area contributed by atoms with Crippen LogP contribution < -0.4 is 16.4 Å². The van der Waals surface area contributed by atoms with Gasteiger partial charge in [0.15, 0.2) is 0 Å². The molecule has 0 aliphatic heterocycles. The predicted molar refractivity (Wildman–Crippen MR) is 76.5 cm³/mol. The maximum Gasteiger partial charge on any atom is 0.136 e. The molecule has 0 saturated heterocycles. The highest BCUT2D eigenvalue weighted by molar-refractivity contribution is 7.14. The third kappa shape index (κ3) is 3.41. The van der Waals surface area contributed by atoms with E-state index in [9.17, 15) is 0 Å². The molecule has 0 aliphatic rings. The largest absolute Gasteiger partial charge is 0.366 e. The van der Waals surface area contributed by atoms with Gasteiger partial charge in [-0.1, -0.05) is 0 Å². The second-order valence-electron chi connectivity index (χ2n) is 4.07. The molecule has 96 valence electrons. The average Bonchev–Trinajstić information content (AvgIpc) is 2.80. The molecule has 4 N–H and O–H groups in total. The van der Waals surface area contributed by atoms with Gasteiger partial charge >= 0.3 is 0 Å². The van der Waals surface area contributed by atoms with Gasteiger partial charge in [-0.15, -0.1) is 11.3 Å². The standard InChI is InChI=1S/C12H17N5S/c1-8(7-13)14-10-6-11(16-9(2)15-10)17-12-4-3-5-18-12/h3-6,8H,7,13H2,1-2H3,(H2,14,15,16,17). The van der Waals surface area contributed by atoms with Gasteiger partial charge in [-0.25, -0.2) is 9.97 Å². The highest BCUT2D eigenvalue weighted by Gasteiger charge is 2.05. The van der Waals surface area contributed by atoms with Crippen LogP contribution in [-0.4, -0.2) is 22.6 Å². The number of nitrogens with two attached hydrogens (primary N) is 1. The Morgan fingerprint density at radius 3 is 2.83 bits per heavy atom. The summed E-state index contributed by atoms with van der Waals surface area (Å²) < 4.78 is 0. The quantitative estimate of drug-likeness (QED) is 0.772. The molecule has 2 aromatic rings. The van der Waals surface area contributed by atoms with E-state index < -0.39 is 0 Å². The number of anilines is 3. The molecule has 2 aromatic heterocycles. The van der Waals surface area contributed by atoms with Crippen LogP contribution in [0.5, 0.6) is 0 Å². The highest BCUT2D eigenvalue weighted by Crippen LogP contribution is 2.21. The molecule has 6 heteroatoms. The molecule has 0 spiro atoms. The lowest BCUT2D eigenvalue weighted by Crippen LogP contribution is -2.25. The first kappa shape index (κ1) is 12.8. The Morgan fingerprint density at radius 2 is 2.17 bits per heavy atom. The van der Waals surface area contributed by atoms with Crippen LogP contribution >= 0.6 is 11.3 Å². The Bertz CT molecular complexity index is 497. The van der Waals surface area contributed by atoms with Gasteiger partial charge in [0.25, 0.3) is 0 Å². The Kier molecular flexibility index (Phi) is 4.11. The average molecular weight is 263 g/mol. The van der Waals surface area contributed by atoms with Crippen molar-refractivity contribution in [3.63, 3.8) is 0 Å². The smallest absolute Gasteiger partial charge is 0.136 e. The summed E-state index contributed by atoms with van der Waals surface area (Å²) in [5.41, 5.74) is 5.59. The molecule has 0 fully saturated rings. The molecule has 18 heavy (non-hydrogen) atoms. The second-order valence-corrected chi connectivity index (χ2v) is 5.02. The van der Waals surface area contributed by atoms with Crippen LogP contribution in [0.2, 0.25) is 0 Å². The van der Waals surface area contributed by atoms with Crippen LogP contribution in [0.25, 0.3) is 0 Å². The minimum absolute atomic E-state index is 0.189. The van der Waals surface area contributed by atoms with Crippen molar-refractivity contribution in [2.75, 3.05) is 17.2 Å². The first-order valence-corrected chi connectivity index (χ1v) is 6.68. The fraction of sp³-hybridized carbons (Fsp3) is 0.333. The third-order valence-electron chi connectivity index (χ3n) is 2.36. The molecule has 0 amide bonds. The number of nitrogens with one attached hydrogen (secondary N) is 2. The maximum atomic E-state index is 5.59. The van der Waals surface area contributed by atoms with E-state index in [1.54, 1.807) is 11.3 Å². The first-order chi connectivity index (χ1) is 8.67. The molecular formula is C12H17N5S. The molecule has 0 saturated carbocycles. The molecule has 0 radical (unpaired) electrons. The van der Waals surface area contributed by atoms with Crippen LogP contribution in [0, 0.1) is 6.92 Å². The number of aryl methyl sites for hydroxylation is 1. The maximum absolute atomic E-state index is 5.59. The molecule has 1 atom stereocenters. The van der Waals surface area contributed by atoms with E-state index in [4.69, 9.17) is 5.73 Å². The van der Waals surface area contributed by atoms with Gasteiger partial charge in [-0.3, -0.25) is 0 Å². The van der Waals surface area contributed by atoms with Crippen LogP contribution in [0.4, 0.5) is 16.6 Å². The van der Waals surface area contributed by atoms with Crippen molar-refractivity contribution >= 4 is 28.0 Å². The summed E-state index contributed by atoms with van der Waals surface area (Å²) in [5, 5.41) is 9.57. The minimum atomic E-state index is 0.189. The van der Waals surface area contributed by atoms with Gasteiger partial charge in [0, 0.05) is 18.7 Å². The van der Waals surface area contributed by atoms with Gasteiger partial charge in [-0.05, 0) is 31.4 Å². The van der Waals surface area contributed by atoms with Gasteiger partial charge < -0.3 is 16.4 Å². The SMILES string of the molecule is Cc1nc(Nc2cccs2)cc(NC(C)CN)n1. The number of nitrogens with zero attached hydrogens (tertiary/aromatic N) is 2. The number of hydrogen-bond donors (Lipinski definition) is 3. The van der Waals surface area contributed by atoms with E-state index in [0.29, 0.717) is 6.54 Å². The summed E-state index contributed by atoms with van der Waals surface area (Å²) in [4.78, 5) is 8.69. The van der Waals surface area contributed by atoms with Crippen molar-refractivity contribution in [3.05, 3.63) is 29.4 Å². The lowest BCUT2D eigenvalue weighted by atomic mass is 10.3. The van der Waals surface area contributed by atoms with Gasteiger partial charge in [0.05, 0.1) is 5.00 Å². The van der Waals surface area contributed by atoms with Crippen LogP contribution in [-0.2, 0) is 0 Å². The Labute approximate surface area is 110 Å². The Hall–Kier alpha value is -1.66. The summed E-state index contributed by atoms with van der Waals surface area (Å²) in [6.45, 7) is 4.46. The van der Waals surface area contributed by atoms with Gasteiger partial charge in [0.1, 0.15) is 17.5 Å². The molecule has 0 aromatic carbocycles. The summed E-state index contributed by atoms with van der Waals surface area (Å²) in [6, 6.07) is 6.08. The van der Waals surface area contributed by atoms with Crippen molar-refractivity contribution in [1.82, 2.24) is 9.97 Å². The molecular weight excluding hydrogens is 246 g/mol. The van der Waals surface area contributed by atoms with Crippen molar-refractivity contribution in [2.45, 2.75) is 19.9 Å². The van der Waals surface area contributed by atoms with Crippen LogP contribution in [0.1, 0.15) is 12.7 Å².